The fourth-order valence-corrected chi connectivity index (χ4v) is 1.21. The Balaban J connectivity index is 3.09. The van der Waals surface area contributed by atoms with E-state index in [1.807, 2.05) is 0 Å². The van der Waals surface area contributed by atoms with E-state index in [4.69, 9.17) is 4.55 Å². The summed E-state index contributed by atoms with van der Waals surface area (Å²) >= 11 is 0. The summed E-state index contributed by atoms with van der Waals surface area (Å²) in [5.41, 5.74) is 0. The minimum Gasteiger partial charge on any atom is -0.264 e. The molecular weight excluding hydrogens is 192 g/mol. The third kappa shape index (κ3) is 11.9. The van der Waals surface area contributed by atoms with E-state index in [-0.39, 0.29) is 6.61 Å². The first-order valence-corrected chi connectivity index (χ1v) is 5.86. The largest absolute Gasteiger partial charge is 0.397 e. The molecule has 0 aromatic rings. The lowest BCUT2D eigenvalue weighted by atomic mass is 10.1. The predicted octanol–water partition coefficient (Wildman–Crippen LogP) is 1.98. The molecule has 0 atom stereocenters. The van der Waals surface area contributed by atoms with E-state index >= 15 is 0 Å². The van der Waals surface area contributed by atoms with Crippen LogP contribution in [-0.2, 0) is 14.6 Å². The second-order valence-electron chi connectivity index (χ2n) is 2.82. The van der Waals surface area contributed by atoms with Crippen LogP contribution in [0, 0.1) is 6.42 Å². The van der Waals surface area contributed by atoms with Gasteiger partial charge in [0.05, 0.1) is 6.61 Å². The number of hydrogen-bond donors (Lipinski definition) is 1. The summed E-state index contributed by atoms with van der Waals surface area (Å²) in [6, 6.07) is 0. The number of unbranched alkanes of at least 4 members (excludes halogenated alkanes) is 5. The van der Waals surface area contributed by atoms with Gasteiger partial charge >= 0.3 is 10.4 Å². The molecule has 0 saturated heterocycles. The molecule has 0 heterocycles. The molecule has 0 bridgehead atoms. The molecule has 1 radical (unpaired) electrons. The third-order valence-corrected chi connectivity index (χ3v) is 2.01. The van der Waals surface area contributed by atoms with Crippen molar-refractivity contribution in [3.63, 3.8) is 0 Å². The highest BCUT2D eigenvalue weighted by atomic mass is 32.3. The molecule has 0 unspecified atom stereocenters. The summed E-state index contributed by atoms with van der Waals surface area (Å²) in [4.78, 5) is 0. The Kier molecular flexibility index (Phi) is 7.22. The maximum atomic E-state index is 10.1. The molecule has 79 valence electrons. The van der Waals surface area contributed by atoms with E-state index in [2.05, 4.69) is 17.5 Å². The smallest absolute Gasteiger partial charge is 0.264 e. The van der Waals surface area contributed by atoms with Crippen molar-refractivity contribution in [1.29, 1.82) is 0 Å². The van der Waals surface area contributed by atoms with Gasteiger partial charge in [-0.15, -0.1) is 0 Å². The fourth-order valence-electron chi connectivity index (χ4n) is 0.885. The zero-order valence-electron chi connectivity index (χ0n) is 7.90. The van der Waals surface area contributed by atoms with E-state index in [1.54, 1.807) is 0 Å². The van der Waals surface area contributed by atoms with Crippen LogP contribution in [0.5, 0.6) is 0 Å². The minimum atomic E-state index is -4.24. The van der Waals surface area contributed by atoms with Gasteiger partial charge in [-0.1, -0.05) is 26.2 Å². The Morgan fingerprint density at radius 1 is 1.31 bits per heavy atom. The monoisotopic (exact) mass is 209 g/mol. The van der Waals surface area contributed by atoms with Gasteiger partial charge in [0.15, 0.2) is 0 Å². The standard InChI is InChI=1S/C8H17O4S/c1-2-3-4-5-6-7-8-12-13(9,10)11/h5H,2-4,6-8H2,1H3,(H,9,10,11). The van der Waals surface area contributed by atoms with Crippen LogP contribution < -0.4 is 0 Å². The maximum Gasteiger partial charge on any atom is 0.397 e. The van der Waals surface area contributed by atoms with Crippen LogP contribution in [0.15, 0.2) is 0 Å². The van der Waals surface area contributed by atoms with Crippen molar-refractivity contribution in [2.45, 2.75) is 39.0 Å². The summed E-state index contributed by atoms with van der Waals surface area (Å²) in [7, 11) is -4.24. The Morgan fingerprint density at radius 2 is 1.92 bits per heavy atom. The van der Waals surface area contributed by atoms with Crippen molar-refractivity contribution in [1.82, 2.24) is 0 Å². The molecule has 0 fully saturated rings. The molecule has 0 saturated carbocycles. The highest BCUT2D eigenvalue weighted by Gasteiger charge is 2.02. The third-order valence-electron chi connectivity index (χ3n) is 1.55. The van der Waals surface area contributed by atoms with Crippen LogP contribution in [-0.4, -0.2) is 19.6 Å². The van der Waals surface area contributed by atoms with Gasteiger partial charge in [0, 0.05) is 0 Å². The lowest BCUT2D eigenvalue weighted by Crippen LogP contribution is -2.04. The lowest BCUT2D eigenvalue weighted by Gasteiger charge is -1.99. The van der Waals surface area contributed by atoms with Crippen molar-refractivity contribution in [3.05, 3.63) is 6.42 Å². The van der Waals surface area contributed by atoms with E-state index in [9.17, 15) is 8.42 Å². The van der Waals surface area contributed by atoms with Crippen molar-refractivity contribution in [3.8, 4) is 0 Å². The maximum absolute atomic E-state index is 10.1. The number of rotatable bonds is 8. The first kappa shape index (κ1) is 12.9. The molecule has 0 aromatic heterocycles. The second kappa shape index (κ2) is 7.29. The van der Waals surface area contributed by atoms with Gasteiger partial charge in [0.2, 0.25) is 0 Å². The van der Waals surface area contributed by atoms with Crippen LogP contribution in [0.2, 0.25) is 0 Å². The summed E-state index contributed by atoms with van der Waals surface area (Å²) in [6.45, 7) is 2.18. The molecule has 13 heavy (non-hydrogen) atoms. The topological polar surface area (TPSA) is 63.6 Å². The van der Waals surface area contributed by atoms with E-state index in [0.29, 0.717) is 6.42 Å². The summed E-state index contributed by atoms with van der Waals surface area (Å²) in [5.74, 6) is 0. The molecule has 1 N–H and O–H groups in total. The number of hydrogen-bond acceptors (Lipinski definition) is 3. The highest BCUT2D eigenvalue weighted by Crippen LogP contribution is 2.04. The Labute approximate surface area is 80.2 Å². The molecule has 0 aliphatic carbocycles. The Bertz CT molecular complexity index is 198. The van der Waals surface area contributed by atoms with E-state index < -0.39 is 10.4 Å². The van der Waals surface area contributed by atoms with E-state index in [0.717, 1.165) is 19.3 Å². The Hall–Kier alpha value is -0.130. The molecule has 5 heteroatoms. The summed E-state index contributed by atoms with van der Waals surface area (Å²) < 4.78 is 32.5. The van der Waals surface area contributed by atoms with Crippen LogP contribution in [0.3, 0.4) is 0 Å². The highest BCUT2D eigenvalue weighted by molar-refractivity contribution is 7.80. The van der Waals surface area contributed by atoms with Gasteiger partial charge < -0.3 is 0 Å². The van der Waals surface area contributed by atoms with Crippen molar-refractivity contribution in [2.75, 3.05) is 6.61 Å². The molecule has 0 aliphatic heterocycles. The molecule has 0 aliphatic rings. The zero-order chi connectivity index (χ0) is 10.2. The minimum absolute atomic E-state index is 0.0570. The first-order chi connectivity index (χ1) is 6.06. The molecule has 0 spiro atoms. The van der Waals surface area contributed by atoms with Gasteiger partial charge in [0.25, 0.3) is 0 Å². The van der Waals surface area contributed by atoms with Gasteiger partial charge in [-0.05, 0) is 19.3 Å². The van der Waals surface area contributed by atoms with Crippen molar-refractivity contribution >= 4 is 10.4 Å². The normalized spacial score (nSPS) is 11.8. The van der Waals surface area contributed by atoms with Crippen molar-refractivity contribution < 1.29 is 17.2 Å². The molecular formula is C8H17O4S. The van der Waals surface area contributed by atoms with Crippen LogP contribution in [0.4, 0.5) is 0 Å². The summed E-state index contributed by atoms with van der Waals surface area (Å²) in [5, 5.41) is 0. The van der Waals surface area contributed by atoms with Gasteiger partial charge in [-0.25, -0.2) is 4.18 Å². The summed E-state index contributed by atoms with van der Waals surface area (Å²) in [6.07, 6.45) is 6.95. The molecule has 0 aromatic carbocycles. The lowest BCUT2D eigenvalue weighted by molar-refractivity contribution is 0.264. The molecule has 4 nitrogen and oxygen atoms in total. The first-order valence-electron chi connectivity index (χ1n) is 4.49. The van der Waals surface area contributed by atoms with Crippen LogP contribution in [0.1, 0.15) is 39.0 Å². The average Bonchev–Trinajstić information content (AvgIpc) is 2.01. The van der Waals surface area contributed by atoms with Gasteiger partial charge in [-0.3, -0.25) is 4.55 Å². The average molecular weight is 209 g/mol. The second-order valence-corrected chi connectivity index (χ2v) is 3.91. The van der Waals surface area contributed by atoms with E-state index in [1.165, 1.54) is 6.42 Å². The van der Waals surface area contributed by atoms with Crippen LogP contribution >= 0.6 is 0 Å². The SMILES string of the molecule is CCCC[CH]CCCOS(=O)(=O)O. The van der Waals surface area contributed by atoms with Gasteiger partial charge in [0.1, 0.15) is 0 Å². The van der Waals surface area contributed by atoms with Crippen molar-refractivity contribution in [2.24, 2.45) is 0 Å². The Morgan fingerprint density at radius 3 is 2.46 bits per heavy atom. The molecule has 0 amide bonds. The van der Waals surface area contributed by atoms with Gasteiger partial charge in [-0.2, -0.15) is 8.42 Å². The fraction of sp³-hybridized carbons (Fsp3) is 0.875. The zero-order valence-corrected chi connectivity index (χ0v) is 8.72. The van der Waals surface area contributed by atoms with Crippen LogP contribution in [0.25, 0.3) is 0 Å². The predicted molar refractivity (Wildman–Crippen MR) is 50.6 cm³/mol. The molecule has 0 rings (SSSR count). The quantitative estimate of drug-likeness (QED) is 0.490.